The van der Waals surface area contributed by atoms with E-state index in [1.54, 1.807) is 0 Å². The topological polar surface area (TPSA) is 294 Å². The molecule has 5 saturated heterocycles. The Morgan fingerprint density at radius 3 is 1.21 bits per heavy atom. The highest BCUT2D eigenvalue weighted by molar-refractivity contribution is 5.88. The number of cyclic esters (lactones) is 2. The van der Waals surface area contributed by atoms with Crippen LogP contribution in [0.1, 0.15) is 61.8 Å². The number of carbonyl (C=O) groups excluding carboxylic acids is 6. The number of carboxylic acids is 2. The van der Waals surface area contributed by atoms with E-state index in [4.69, 9.17) is 48.1 Å². The number of aliphatic carboxylic acids is 2. The highest BCUT2D eigenvalue weighted by atomic mass is 16.7. The van der Waals surface area contributed by atoms with Gasteiger partial charge in [0.2, 0.25) is 0 Å². The molecule has 2 N–H and O–H groups in total. The molecule has 6 unspecified atom stereocenters. The van der Waals surface area contributed by atoms with Gasteiger partial charge >= 0.3 is 47.8 Å². The summed E-state index contributed by atoms with van der Waals surface area (Å²) in [7, 11) is 5.48. The van der Waals surface area contributed by atoms with E-state index in [0.717, 1.165) is 0 Å². The monoisotopic (exact) mass is 970 g/mol. The van der Waals surface area contributed by atoms with Gasteiger partial charge in [-0.2, -0.15) is 0 Å². The molecule has 0 amide bonds. The normalized spacial score (nSPS) is 26.1. The van der Waals surface area contributed by atoms with Crippen LogP contribution < -0.4 is 0 Å². The number of carboxylic acid groups (broad SMARTS) is 2. The van der Waals surface area contributed by atoms with Gasteiger partial charge in [-0.05, 0) is 52.1 Å². The Balaban J connectivity index is 0.000000896. The third kappa shape index (κ3) is 21.2. The number of hydrogen-bond donors (Lipinski definition) is 2. The van der Waals surface area contributed by atoms with E-state index in [0.29, 0.717) is 12.8 Å². The molecule has 5 rings (SSSR count). The minimum Gasteiger partial charge on any atom is -0.480 e. The van der Waals surface area contributed by atoms with Crippen LogP contribution in [0.15, 0.2) is 0 Å². The van der Waals surface area contributed by atoms with Crippen molar-refractivity contribution in [1.29, 1.82) is 0 Å². The summed E-state index contributed by atoms with van der Waals surface area (Å²) in [6.07, 6.45) is -3.61. The van der Waals surface area contributed by atoms with Crippen molar-refractivity contribution in [2.75, 3.05) is 107 Å². The Morgan fingerprint density at radius 2 is 0.910 bits per heavy atom. The highest BCUT2D eigenvalue weighted by Crippen LogP contribution is 2.43. The van der Waals surface area contributed by atoms with Gasteiger partial charge in [0, 0.05) is 14.2 Å². The molecule has 0 radical (unpaired) electrons. The minimum atomic E-state index is -1.18. The van der Waals surface area contributed by atoms with Gasteiger partial charge in [0.15, 0.2) is 12.2 Å². The van der Waals surface area contributed by atoms with Crippen LogP contribution in [-0.4, -0.2) is 224 Å². The van der Waals surface area contributed by atoms with E-state index in [1.165, 1.54) is 67.7 Å². The first-order valence-corrected chi connectivity index (χ1v) is 21.7. The van der Waals surface area contributed by atoms with Crippen LogP contribution >= 0.6 is 0 Å². The van der Waals surface area contributed by atoms with E-state index in [9.17, 15) is 38.4 Å². The predicted molar refractivity (Wildman–Crippen MR) is 231 cm³/mol. The van der Waals surface area contributed by atoms with Crippen molar-refractivity contribution in [3.63, 3.8) is 0 Å². The van der Waals surface area contributed by atoms with Crippen molar-refractivity contribution < 1.29 is 105 Å². The smallest absolute Gasteiger partial charge is 0.339 e. The summed E-state index contributed by atoms with van der Waals surface area (Å²) in [5.74, 6) is -6.80. The summed E-state index contributed by atoms with van der Waals surface area (Å²) in [6.45, 7) is 17.9. The zero-order valence-electron chi connectivity index (χ0n) is 39.6. The maximum atomic E-state index is 11.7. The number of hydrogen-bond acceptors (Lipinski definition) is 22. The Kier molecular flexibility index (Phi) is 31.7. The molecule has 24 nitrogen and oxygen atoms in total. The lowest BCUT2D eigenvalue weighted by atomic mass is 9.85. The molecule has 5 fully saturated rings. The molecular formula is C43H74N2O22. The lowest BCUT2D eigenvalue weighted by Gasteiger charge is -2.30. The van der Waals surface area contributed by atoms with Crippen LogP contribution in [0.2, 0.25) is 0 Å². The van der Waals surface area contributed by atoms with E-state index in [1.807, 2.05) is 0 Å². The summed E-state index contributed by atoms with van der Waals surface area (Å²) in [5, 5.41) is 16.9. The van der Waals surface area contributed by atoms with Crippen molar-refractivity contribution in [2.45, 2.75) is 111 Å². The molecule has 5 aliphatic heterocycles. The van der Waals surface area contributed by atoms with Crippen LogP contribution in [0.25, 0.3) is 0 Å². The molecule has 0 aliphatic carbocycles. The second kappa shape index (κ2) is 34.0. The van der Waals surface area contributed by atoms with Gasteiger partial charge in [-0.1, -0.05) is 49.0 Å². The van der Waals surface area contributed by atoms with Crippen molar-refractivity contribution in [1.82, 2.24) is 9.80 Å². The van der Waals surface area contributed by atoms with Crippen molar-refractivity contribution in [2.24, 2.45) is 11.8 Å². The molecule has 0 aromatic heterocycles. The first kappa shape index (κ1) is 62.6. The molecule has 5 heterocycles. The number of carbonyl (C=O) groups is 8. The second-order valence-electron chi connectivity index (χ2n) is 14.7. The first-order valence-electron chi connectivity index (χ1n) is 21.7. The van der Waals surface area contributed by atoms with Gasteiger partial charge in [-0.25, -0.2) is 28.8 Å². The largest absolute Gasteiger partial charge is 0.480 e. The maximum absolute atomic E-state index is 11.7. The third-order valence-corrected chi connectivity index (χ3v) is 10.8. The van der Waals surface area contributed by atoms with Crippen LogP contribution in [0.4, 0.5) is 0 Å². The number of methoxy groups -OCH3 is 4. The van der Waals surface area contributed by atoms with Crippen LogP contribution in [0.5, 0.6) is 0 Å². The number of ether oxygens (including phenoxy) is 12. The average Bonchev–Trinajstić information content (AvgIpc) is 4.08. The number of nitrogens with zero attached hydrogens (tertiary/aromatic N) is 2. The fraction of sp³-hybridized carbons (Fsp3) is 0.814. The van der Waals surface area contributed by atoms with Gasteiger partial charge in [0.05, 0.1) is 38.3 Å². The van der Waals surface area contributed by atoms with Crippen LogP contribution in [-0.2, 0) is 95.2 Å². The summed E-state index contributed by atoms with van der Waals surface area (Å²) >= 11 is 0. The van der Waals surface area contributed by atoms with Gasteiger partial charge in [-0.15, -0.1) is 0 Å². The number of esters is 6. The summed E-state index contributed by atoms with van der Waals surface area (Å²) in [6, 6.07) is 0. The molecule has 0 aromatic carbocycles. The molecule has 10 atom stereocenters. The predicted octanol–water partition coefficient (Wildman–Crippen LogP) is 0.368. The van der Waals surface area contributed by atoms with Gasteiger partial charge in [0.1, 0.15) is 64.1 Å². The third-order valence-electron chi connectivity index (χ3n) is 10.8. The molecular weight excluding hydrogens is 896 g/mol. The van der Waals surface area contributed by atoms with E-state index < -0.39 is 123 Å². The average molecular weight is 971 g/mol. The SMILES string of the molecule is C.CCN(CC)CC.CCN(CC)CC.COC(=O)C1CC2O[C@@H]1[C@@H](OC(=O)COCC(=O)O)C2OC.COC(=O)C1CC2O[C@@H]1[C@@H](OC)C2OC(=O)COCC(=O)O.O=C1COCC(=O)O1. The molecule has 5 aliphatic rings. The zero-order chi connectivity index (χ0) is 49.9. The molecule has 67 heavy (non-hydrogen) atoms. The van der Waals surface area contributed by atoms with E-state index >= 15 is 0 Å². The lowest BCUT2D eigenvalue weighted by Crippen LogP contribution is -2.48. The number of rotatable bonds is 20. The van der Waals surface area contributed by atoms with Crippen molar-refractivity contribution in [3.05, 3.63) is 0 Å². The summed E-state index contributed by atoms with van der Waals surface area (Å²) in [4.78, 5) is 92.3. The quantitative estimate of drug-likeness (QED) is 0.0946. The fourth-order valence-electron chi connectivity index (χ4n) is 7.46. The Bertz CT molecular complexity index is 1490. The van der Waals surface area contributed by atoms with Crippen molar-refractivity contribution >= 4 is 47.8 Å². The van der Waals surface area contributed by atoms with Crippen LogP contribution in [0, 0.1) is 11.8 Å². The Morgan fingerprint density at radius 1 is 0.552 bits per heavy atom. The second-order valence-corrected chi connectivity index (χ2v) is 14.7. The molecule has 4 bridgehead atoms. The van der Waals surface area contributed by atoms with E-state index in [2.05, 4.69) is 70.3 Å². The summed E-state index contributed by atoms with van der Waals surface area (Å²) < 4.78 is 59.6. The standard InChI is InChI=1S/2C13H18O9.2C6H15N.C4H4O4.CH4/c1-18-12-10-6(13(17)19-2)3-7(21-10)11(12)22-9(16)5-20-4-8(14)15;1-18-11-7-3-6(13(17)19-2)10(21-7)12(11)22-9(16)5-20-4-8(14)15;2*1-4-7(5-2)6-3;5-3-1-7-2-4(6)8-3;/h2*6-7,10-12H,3-5H2,1-2H3,(H,14,15);2*4-6H2,1-3H3;1-2H2;1H4/t2*6?,7?,10-,11?,12+;;;;/m00..../s1. The number of fused-ring (bicyclic) bond motifs is 4. The molecule has 0 aromatic rings. The molecule has 0 saturated carbocycles. The first-order chi connectivity index (χ1) is 31.4. The van der Waals surface area contributed by atoms with Crippen molar-refractivity contribution in [3.8, 4) is 0 Å². The Hall–Kier alpha value is -4.40. The van der Waals surface area contributed by atoms with Gasteiger partial charge in [0.25, 0.3) is 0 Å². The summed E-state index contributed by atoms with van der Waals surface area (Å²) in [5.41, 5.74) is 0. The van der Waals surface area contributed by atoms with Crippen LogP contribution in [0.3, 0.4) is 0 Å². The molecule has 24 heteroatoms. The van der Waals surface area contributed by atoms with Gasteiger partial charge < -0.3 is 76.9 Å². The minimum absolute atomic E-state index is 0. The molecule has 0 spiro atoms. The molecule has 388 valence electrons. The maximum Gasteiger partial charge on any atom is 0.339 e. The highest BCUT2D eigenvalue weighted by Gasteiger charge is 2.60. The Labute approximate surface area is 392 Å². The fourth-order valence-corrected chi connectivity index (χ4v) is 7.46. The van der Waals surface area contributed by atoms with Gasteiger partial charge in [-0.3, -0.25) is 9.59 Å². The zero-order valence-corrected chi connectivity index (χ0v) is 39.6. The lowest BCUT2D eigenvalue weighted by molar-refractivity contribution is -0.175. The van der Waals surface area contributed by atoms with E-state index in [-0.39, 0.29) is 32.7 Å².